The van der Waals surface area contributed by atoms with E-state index in [0.717, 1.165) is 31.6 Å². The highest BCUT2D eigenvalue weighted by molar-refractivity contribution is 5.99. The van der Waals surface area contributed by atoms with Crippen molar-refractivity contribution in [2.24, 2.45) is 0 Å². The Morgan fingerprint density at radius 3 is 2.44 bits per heavy atom. The van der Waals surface area contributed by atoms with Crippen molar-refractivity contribution in [3.63, 3.8) is 0 Å². The van der Waals surface area contributed by atoms with E-state index in [0.29, 0.717) is 40.1 Å². The number of hydrogen-bond donors (Lipinski definition) is 3. The molecule has 4 aromatic rings. The van der Waals surface area contributed by atoms with Crippen molar-refractivity contribution in [2.75, 3.05) is 48.0 Å². The average molecular weight is 526 g/mol. The van der Waals surface area contributed by atoms with Gasteiger partial charge in [0.25, 0.3) is 0 Å². The molecule has 1 amide bonds. The number of anilines is 6. The fourth-order valence-electron chi connectivity index (χ4n) is 4.78. The molecule has 0 atom stereocenters. The van der Waals surface area contributed by atoms with Gasteiger partial charge < -0.3 is 25.8 Å². The molecule has 3 N–H and O–H groups in total. The van der Waals surface area contributed by atoms with Gasteiger partial charge in [-0.1, -0.05) is 12.6 Å². The Hall–Kier alpha value is -4.50. The monoisotopic (exact) mass is 525 g/mol. The summed E-state index contributed by atoms with van der Waals surface area (Å²) in [5.74, 6) is 0.131. The third-order valence-corrected chi connectivity index (χ3v) is 6.92. The Kier molecular flexibility index (Phi) is 7.69. The van der Waals surface area contributed by atoms with Crippen LogP contribution in [0.2, 0.25) is 0 Å². The third-order valence-electron chi connectivity index (χ3n) is 6.92. The molecule has 0 aliphatic carbocycles. The first-order chi connectivity index (χ1) is 18.9. The molecule has 1 fully saturated rings. The Labute approximate surface area is 227 Å². The van der Waals surface area contributed by atoms with E-state index >= 15 is 0 Å². The lowest BCUT2D eigenvalue weighted by molar-refractivity contribution is -0.111. The van der Waals surface area contributed by atoms with Crippen LogP contribution < -0.4 is 20.9 Å². The maximum atomic E-state index is 14.1. The number of carbonyl (C=O) groups is 1. The fourth-order valence-corrected chi connectivity index (χ4v) is 4.78. The summed E-state index contributed by atoms with van der Waals surface area (Å²) in [5, 5.41) is 9.81. The number of rotatable bonds is 8. The second kappa shape index (κ2) is 11.5. The Balaban J connectivity index is 1.36. The van der Waals surface area contributed by atoms with E-state index in [1.165, 1.54) is 23.9 Å². The molecule has 8 nitrogen and oxygen atoms in total. The van der Waals surface area contributed by atoms with Gasteiger partial charge in [0.1, 0.15) is 11.6 Å². The van der Waals surface area contributed by atoms with Crippen LogP contribution in [0.5, 0.6) is 0 Å². The number of nitrogens with zero attached hydrogens (tertiary/aromatic N) is 4. The molecule has 0 saturated carbocycles. The zero-order valence-electron chi connectivity index (χ0n) is 22.1. The first-order valence-electron chi connectivity index (χ1n) is 12.9. The van der Waals surface area contributed by atoms with Crippen LogP contribution in [0, 0.1) is 5.82 Å². The number of nitrogens with one attached hydrogen (secondary N) is 3. The molecule has 5 rings (SSSR count). The van der Waals surface area contributed by atoms with Crippen molar-refractivity contribution in [1.82, 2.24) is 14.9 Å². The zero-order chi connectivity index (χ0) is 27.4. The van der Waals surface area contributed by atoms with E-state index in [4.69, 9.17) is 0 Å². The van der Waals surface area contributed by atoms with E-state index < -0.39 is 0 Å². The largest absolute Gasteiger partial charge is 0.371 e. The van der Waals surface area contributed by atoms with Crippen molar-refractivity contribution in [3.05, 3.63) is 85.2 Å². The summed E-state index contributed by atoms with van der Waals surface area (Å²) < 4.78 is 14.1. The molecule has 1 aliphatic rings. The number of aromatic nitrogens is 2. The number of carbonyl (C=O) groups excluding carboxylic acids is 1. The van der Waals surface area contributed by atoms with E-state index in [2.05, 4.69) is 68.5 Å². The van der Waals surface area contributed by atoms with E-state index in [9.17, 15) is 9.18 Å². The number of piperidine rings is 1. The molecule has 0 spiro atoms. The molecule has 1 saturated heterocycles. The molecule has 1 aromatic heterocycles. The molecule has 9 heteroatoms. The second-order valence-electron chi connectivity index (χ2n) is 9.81. The first-order valence-corrected chi connectivity index (χ1v) is 12.9. The molecule has 39 heavy (non-hydrogen) atoms. The van der Waals surface area contributed by atoms with Gasteiger partial charge in [0.15, 0.2) is 0 Å². The van der Waals surface area contributed by atoms with Crippen LogP contribution in [-0.4, -0.2) is 54.0 Å². The van der Waals surface area contributed by atoms with Gasteiger partial charge in [-0.05, 0) is 93.7 Å². The number of amides is 1. The predicted molar refractivity (Wildman–Crippen MR) is 157 cm³/mol. The SMILES string of the molecule is C=CC(=O)Nc1cccc(Nc2nc(Nc3ccc(N4CCC(N(C)C)CC4)cc3)nc3ccc(F)cc23)c1. The van der Waals surface area contributed by atoms with Gasteiger partial charge in [-0.2, -0.15) is 4.98 Å². The van der Waals surface area contributed by atoms with Crippen molar-refractivity contribution in [1.29, 1.82) is 0 Å². The maximum absolute atomic E-state index is 14.1. The summed E-state index contributed by atoms with van der Waals surface area (Å²) in [4.78, 5) is 25.7. The highest BCUT2D eigenvalue weighted by Crippen LogP contribution is 2.29. The standard InChI is InChI=1S/C30H32FN7O/c1-4-28(39)32-22-6-5-7-23(19-22)33-29-26-18-20(31)8-13-27(26)35-30(36-29)34-21-9-11-25(12-10-21)38-16-14-24(15-17-38)37(2)3/h4-13,18-19,24H,1,14-17H2,2-3H3,(H,32,39)(H2,33,34,35,36). The Morgan fingerprint density at radius 1 is 0.974 bits per heavy atom. The van der Waals surface area contributed by atoms with Gasteiger partial charge in [-0.15, -0.1) is 0 Å². The molecule has 1 aliphatic heterocycles. The van der Waals surface area contributed by atoms with E-state index in [1.807, 2.05) is 18.2 Å². The lowest BCUT2D eigenvalue weighted by atomic mass is 10.0. The zero-order valence-corrected chi connectivity index (χ0v) is 22.1. The van der Waals surface area contributed by atoms with Gasteiger partial charge in [-0.25, -0.2) is 9.37 Å². The average Bonchev–Trinajstić information content (AvgIpc) is 2.94. The van der Waals surface area contributed by atoms with Crippen LogP contribution in [0.4, 0.5) is 38.9 Å². The van der Waals surface area contributed by atoms with Crippen LogP contribution in [0.3, 0.4) is 0 Å². The van der Waals surface area contributed by atoms with Crippen LogP contribution >= 0.6 is 0 Å². The predicted octanol–water partition coefficient (Wildman–Crippen LogP) is 5.91. The van der Waals surface area contributed by atoms with Gasteiger partial charge in [0, 0.05) is 47.3 Å². The molecule has 3 aromatic carbocycles. The van der Waals surface area contributed by atoms with Crippen molar-refractivity contribution < 1.29 is 9.18 Å². The van der Waals surface area contributed by atoms with Crippen LogP contribution in [0.25, 0.3) is 10.9 Å². The van der Waals surface area contributed by atoms with Crippen molar-refractivity contribution in [3.8, 4) is 0 Å². The lowest BCUT2D eigenvalue weighted by Crippen LogP contribution is -2.41. The van der Waals surface area contributed by atoms with Crippen LogP contribution in [0.15, 0.2) is 79.4 Å². The summed E-state index contributed by atoms with van der Waals surface area (Å²) in [6.45, 7) is 5.55. The summed E-state index contributed by atoms with van der Waals surface area (Å²) in [7, 11) is 4.29. The lowest BCUT2D eigenvalue weighted by Gasteiger charge is -2.36. The number of fused-ring (bicyclic) bond motifs is 1. The summed E-state index contributed by atoms with van der Waals surface area (Å²) >= 11 is 0. The quantitative estimate of drug-likeness (QED) is 0.247. The van der Waals surface area contributed by atoms with E-state index in [1.54, 1.807) is 24.3 Å². The minimum Gasteiger partial charge on any atom is -0.371 e. The minimum atomic E-state index is -0.382. The van der Waals surface area contributed by atoms with Crippen molar-refractivity contribution in [2.45, 2.75) is 18.9 Å². The number of hydrogen-bond acceptors (Lipinski definition) is 7. The smallest absolute Gasteiger partial charge is 0.247 e. The summed E-state index contributed by atoms with van der Waals surface area (Å²) in [6, 6.07) is 20.5. The van der Waals surface area contributed by atoms with E-state index in [-0.39, 0.29) is 11.7 Å². The molecule has 200 valence electrons. The highest BCUT2D eigenvalue weighted by Gasteiger charge is 2.20. The summed E-state index contributed by atoms with van der Waals surface area (Å²) in [6.07, 6.45) is 3.51. The van der Waals surface area contributed by atoms with Crippen LogP contribution in [-0.2, 0) is 4.79 Å². The molecular formula is C30H32FN7O. The van der Waals surface area contributed by atoms with Crippen molar-refractivity contribution >= 4 is 51.3 Å². The topological polar surface area (TPSA) is 85.4 Å². The normalized spacial score (nSPS) is 13.9. The van der Waals surface area contributed by atoms with Gasteiger partial charge in [0.05, 0.1) is 5.52 Å². The second-order valence-corrected chi connectivity index (χ2v) is 9.81. The molecule has 0 bridgehead atoms. The Bertz CT molecular complexity index is 1480. The number of halogens is 1. The number of benzene rings is 3. The minimum absolute atomic E-state index is 0.308. The molecule has 0 unspecified atom stereocenters. The molecular weight excluding hydrogens is 493 g/mol. The molecule has 0 radical (unpaired) electrons. The van der Waals surface area contributed by atoms with Crippen LogP contribution in [0.1, 0.15) is 12.8 Å². The maximum Gasteiger partial charge on any atom is 0.247 e. The van der Waals surface area contributed by atoms with Gasteiger partial charge in [-0.3, -0.25) is 4.79 Å². The first kappa shape index (κ1) is 26.1. The Morgan fingerprint density at radius 2 is 1.72 bits per heavy atom. The fraction of sp³-hybridized carbons (Fsp3) is 0.233. The van der Waals surface area contributed by atoms with Gasteiger partial charge >= 0.3 is 0 Å². The van der Waals surface area contributed by atoms with Gasteiger partial charge in [0.2, 0.25) is 11.9 Å². The third kappa shape index (κ3) is 6.32. The summed E-state index contributed by atoms with van der Waals surface area (Å²) in [5.41, 5.74) is 3.91. The molecule has 2 heterocycles. The highest BCUT2D eigenvalue weighted by atomic mass is 19.1.